The molecule has 1 amide bonds. The number of likely N-dealkylation sites (tertiary alicyclic amines) is 1. The van der Waals surface area contributed by atoms with E-state index in [-0.39, 0.29) is 18.4 Å². The van der Waals surface area contributed by atoms with E-state index in [0.29, 0.717) is 6.54 Å². The van der Waals surface area contributed by atoms with Crippen molar-refractivity contribution in [2.45, 2.75) is 18.9 Å². The summed E-state index contributed by atoms with van der Waals surface area (Å²) < 4.78 is 5.37. The number of hydrogen-bond donors (Lipinski definition) is 1. The quantitative estimate of drug-likeness (QED) is 0.897. The number of nitrogens with zero attached hydrogens (tertiary/aromatic N) is 1. The predicted octanol–water partition coefficient (Wildman–Crippen LogP) is 1.61. The molecule has 1 aliphatic rings. The summed E-state index contributed by atoms with van der Waals surface area (Å²) in [7, 11) is 1.56. The highest BCUT2D eigenvalue weighted by Gasteiger charge is 2.29. The number of carbonyl (C=O) groups excluding carboxylic acids is 1. The van der Waals surface area contributed by atoms with Crippen molar-refractivity contribution in [1.82, 2.24) is 4.90 Å². The van der Waals surface area contributed by atoms with Gasteiger partial charge in [0.2, 0.25) is 0 Å². The van der Waals surface area contributed by atoms with Crippen LogP contribution in [0.15, 0.2) is 30.3 Å². The SMILES string of the molecule is COC(C(=O)N1CCCC(CO)C1)c1ccccc1. The van der Waals surface area contributed by atoms with Gasteiger partial charge in [-0.05, 0) is 24.3 Å². The molecule has 1 saturated heterocycles. The Bertz CT molecular complexity index is 407. The van der Waals surface area contributed by atoms with Crippen LogP contribution in [0.4, 0.5) is 0 Å². The first-order valence-corrected chi connectivity index (χ1v) is 6.73. The van der Waals surface area contributed by atoms with E-state index in [9.17, 15) is 9.90 Å². The van der Waals surface area contributed by atoms with E-state index >= 15 is 0 Å². The third-order valence-corrected chi connectivity index (χ3v) is 3.65. The van der Waals surface area contributed by atoms with Gasteiger partial charge in [-0.15, -0.1) is 0 Å². The van der Waals surface area contributed by atoms with Gasteiger partial charge in [0.05, 0.1) is 0 Å². The van der Waals surface area contributed by atoms with Gasteiger partial charge in [0.15, 0.2) is 6.10 Å². The molecule has 2 atom stereocenters. The second-order valence-corrected chi connectivity index (χ2v) is 5.00. The van der Waals surface area contributed by atoms with Gasteiger partial charge in [0.25, 0.3) is 5.91 Å². The molecule has 2 rings (SSSR count). The Morgan fingerprint density at radius 3 is 2.84 bits per heavy atom. The average Bonchev–Trinajstić information content (AvgIpc) is 2.49. The number of amides is 1. The summed E-state index contributed by atoms with van der Waals surface area (Å²) in [5, 5.41) is 9.23. The summed E-state index contributed by atoms with van der Waals surface area (Å²) in [5.74, 6) is 0.192. The lowest BCUT2D eigenvalue weighted by Gasteiger charge is -2.34. The zero-order chi connectivity index (χ0) is 13.7. The Morgan fingerprint density at radius 1 is 1.47 bits per heavy atom. The van der Waals surface area contributed by atoms with Crippen molar-refractivity contribution in [2.24, 2.45) is 5.92 Å². The van der Waals surface area contributed by atoms with E-state index in [1.807, 2.05) is 35.2 Å². The maximum absolute atomic E-state index is 12.5. The number of aliphatic hydroxyl groups is 1. The zero-order valence-electron chi connectivity index (χ0n) is 11.3. The van der Waals surface area contributed by atoms with Crippen molar-refractivity contribution in [2.75, 3.05) is 26.8 Å². The standard InChI is InChI=1S/C15H21NO3/c1-19-14(13-7-3-2-4-8-13)15(18)16-9-5-6-12(10-16)11-17/h2-4,7-8,12,14,17H,5-6,9-11H2,1H3. The lowest BCUT2D eigenvalue weighted by Crippen LogP contribution is -2.43. The van der Waals surface area contributed by atoms with Crippen LogP contribution < -0.4 is 0 Å². The number of piperidine rings is 1. The van der Waals surface area contributed by atoms with Crippen molar-refractivity contribution < 1.29 is 14.6 Å². The molecular weight excluding hydrogens is 242 g/mol. The Morgan fingerprint density at radius 2 is 2.21 bits per heavy atom. The van der Waals surface area contributed by atoms with E-state index in [2.05, 4.69) is 0 Å². The van der Waals surface area contributed by atoms with Gasteiger partial charge in [-0.1, -0.05) is 30.3 Å². The van der Waals surface area contributed by atoms with Crippen LogP contribution in [0, 0.1) is 5.92 Å². The Kier molecular flexibility index (Phi) is 4.93. The van der Waals surface area contributed by atoms with Gasteiger partial charge in [-0.25, -0.2) is 0 Å². The normalized spacial score (nSPS) is 21.2. The number of carbonyl (C=O) groups is 1. The van der Waals surface area contributed by atoms with Crippen molar-refractivity contribution in [1.29, 1.82) is 0 Å². The van der Waals surface area contributed by atoms with Crippen LogP contribution in [0.5, 0.6) is 0 Å². The highest BCUT2D eigenvalue weighted by molar-refractivity contribution is 5.82. The smallest absolute Gasteiger partial charge is 0.256 e. The predicted molar refractivity (Wildman–Crippen MR) is 72.6 cm³/mol. The molecule has 0 bridgehead atoms. The van der Waals surface area contributed by atoms with Crippen LogP contribution in [0.2, 0.25) is 0 Å². The van der Waals surface area contributed by atoms with Gasteiger partial charge >= 0.3 is 0 Å². The minimum absolute atomic E-state index is 0.00755. The number of benzene rings is 1. The summed E-state index contributed by atoms with van der Waals surface area (Å²) in [5.41, 5.74) is 0.876. The summed E-state index contributed by atoms with van der Waals surface area (Å²) in [6, 6.07) is 9.53. The van der Waals surface area contributed by atoms with E-state index in [0.717, 1.165) is 24.9 Å². The lowest BCUT2D eigenvalue weighted by atomic mass is 9.98. The van der Waals surface area contributed by atoms with Crippen molar-refractivity contribution in [3.05, 3.63) is 35.9 Å². The number of rotatable bonds is 4. The van der Waals surface area contributed by atoms with Gasteiger partial charge in [0.1, 0.15) is 0 Å². The third-order valence-electron chi connectivity index (χ3n) is 3.65. The van der Waals surface area contributed by atoms with Crippen molar-refractivity contribution in [3.8, 4) is 0 Å². The maximum Gasteiger partial charge on any atom is 0.256 e. The largest absolute Gasteiger partial charge is 0.396 e. The van der Waals surface area contributed by atoms with Crippen molar-refractivity contribution in [3.63, 3.8) is 0 Å². The van der Waals surface area contributed by atoms with Gasteiger partial charge in [-0.3, -0.25) is 4.79 Å². The van der Waals surface area contributed by atoms with Gasteiger partial charge in [-0.2, -0.15) is 0 Å². The third kappa shape index (κ3) is 3.33. The summed E-state index contributed by atoms with van der Waals surface area (Å²) in [6.07, 6.45) is 1.39. The first-order chi connectivity index (χ1) is 9.26. The highest BCUT2D eigenvalue weighted by atomic mass is 16.5. The minimum Gasteiger partial charge on any atom is -0.396 e. The topological polar surface area (TPSA) is 49.8 Å². The molecule has 1 N–H and O–H groups in total. The summed E-state index contributed by atoms with van der Waals surface area (Å²) in [4.78, 5) is 14.3. The van der Waals surface area contributed by atoms with Crippen molar-refractivity contribution >= 4 is 5.91 Å². The first-order valence-electron chi connectivity index (χ1n) is 6.73. The number of ether oxygens (including phenoxy) is 1. The minimum atomic E-state index is -0.543. The fourth-order valence-corrected chi connectivity index (χ4v) is 2.59. The fourth-order valence-electron chi connectivity index (χ4n) is 2.59. The second kappa shape index (κ2) is 6.68. The molecule has 1 heterocycles. The van der Waals surface area contributed by atoms with Crippen LogP contribution in [0.25, 0.3) is 0 Å². The number of methoxy groups -OCH3 is 1. The second-order valence-electron chi connectivity index (χ2n) is 5.00. The molecule has 0 spiro atoms. The highest BCUT2D eigenvalue weighted by Crippen LogP contribution is 2.23. The molecule has 19 heavy (non-hydrogen) atoms. The Balaban J connectivity index is 2.08. The molecule has 0 aromatic heterocycles. The molecule has 0 radical (unpaired) electrons. The molecule has 1 aliphatic heterocycles. The van der Waals surface area contributed by atoms with Crippen LogP contribution in [-0.4, -0.2) is 42.7 Å². The first kappa shape index (κ1) is 14.0. The summed E-state index contributed by atoms with van der Waals surface area (Å²) in [6.45, 7) is 1.52. The Hall–Kier alpha value is -1.39. The molecule has 1 fully saturated rings. The average molecular weight is 263 g/mol. The molecule has 1 aromatic carbocycles. The van der Waals surface area contributed by atoms with E-state index in [4.69, 9.17) is 4.74 Å². The molecule has 4 heteroatoms. The lowest BCUT2D eigenvalue weighted by molar-refractivity contribution is -0.144. The van der Waals surface area contributed by atoms with Crippen LogP contribution in [0.3, 0.4) is 0 Å². The van der Waals surface area contributed by atoms with E-state index in [1.165, 1.54) is 0 Å². The zero-order valence-corrected chi connectivity index (χ0v) is 11.3. The number of aliphatic hydroxyl groups excluding tert-OH is 1. The molecule has 104 valence electrons. The van der Waals surface area contributed by atoms with E-state index < -0.39 is 6.10 Å². The van der Waals surface area contributed by atoms with Gasteiger partial charge in [0, 0.05) is 26.8 Å². The van der Waals surface area contributed by atoms with Gasteiger partial charge < -0.3 is 14.7 Å². The molecule has 0 saturated carbocycles. The molecule has 1 aromatic rings. The molecule has 4 nitrogen and oxygen atoms in total. The molecule has 2 unspecified atom stereocenters. The number of hydrogen-bond acceptors (Lipinski definition) is 3. The summed E-state index contributed by atoms with van der Waals surface area (Å²) >= 11 is 0. The molecule has 0 aliphatic carbocycles. The fraction of sp³-hybridized carbons (Fsp3) is 0.533. The Labute approximate surface area is 114 Å². The molecular formula is C15H21NO3. The maximum atomic E-state index is 12.5. The monoisotopic (exact) mass is 263 g/mol. The van der Waals surface area contributed by atoms with Crippen LogP contribution >= 0.6 is 0 Å². The van der Waals surface area contributed by atoms with Crippen LogP contribution in [0.1, 0.15) is 24.5 Å². The van der Waals surface area contributed by atoms with Crippen LogP contribution in [-0.2, 0) is 9.53 Å². The van der Waals surface area contributed by atoms with E-state index in [1.54, 1.807) is 7.11 Å².